The number of esters is 1. The number of rotatable bonds is 6. The van der Waals surface area contributed by atoms with E-state index in [1.807, 2.05) is 0 Å². The van der Waals surface area contributed by atoms with Crippen molar-refractivity contribution in [2.45, 2.75) is 46.1 Å². The molecule has 78 valence electrons. The summed E-state index contributed by atoms with van der Waals surface area (Å²) >= 11 is 0. The van der Waals surface area contributed by atoms with Crippen molar-refractivity contribution in [3.8, 4) is 0 Å². The fraction of sp³-hybridized carbons (Fsp3) is 0.900. The third-order valence-electron chi connectivity index (χ3n) is 2.04. The van der Waals surface area contributed by atoms with Crippen LogP contribution in [0.3, 0.4) is 0 Å². The second kappa shape index (κ2) is 6.89. The molecule has 0 saturated carbocycles. The molecular formula is C10H20O3. The molecule has 0 aliphatic heterocycles. The summed E-state index contributed by atoms with van der Waals surface area (Å²) in [6.07, 6.45) is 2.09. The molecule has 0 saturated heterocycles. The van der Waals surface area contributed by atoms with Crippen LogP contribution in [0.4, 0.5) is 0 Å². The van der Waals surface area contributed by atoms with E-state index in [2.05, 4.69) is 6.92 Å². The highest BCUT2D eigenvalue weighted by atomic mass is 16.5. The van der Waals surface area contributed by atoms with Crippen molar-refractivity contribution in [1.82, 2.24) is 0 Å². The fourth-order valence-corrected chi connectivity index (χ4v) is 1.23. The van der Waals surface area contributed by atoms with Crippen molar-refractivity contribution in [3.05, 3.63) is 0 Å². The Morgan fingerprint density at radius 2 is 2.08 bits per heavy atom. The van der Waals surface area contributed by atoms with Crippen molar-refractivity contribution in [1.29, 1.82) is 0 Å². The van der Waals surface area contributed by atoms with Gasteiger partial charge in [-0.1, -0.05) is 19.8 Å². The third-order valence-corrected chi connectivity index (χ3v) is 2.04. The molecule has 0 amide bonds. The lowest BCUT2D eigenvalue weighted by Crippen LogP contribution is -2.27. The van der Waals surface area contributed by atoms with Gasteiger partial charge in [0.25, 0.3) is 0 Å². The molecule has 2 unspecified atom stereocenters. The van der Waals surface area contributed by atoms with Crippen LogP contribution >= 0.6 is 0 Å². The highest BCUT2D eigenvalue weighted by Gasteiger charge is 2.23. The number of hydrogen-bond donors (Lipinski definition) is 1. The Hall–Kier alpha value is -0.570. The number of aliphatic hydroxyl groups excluding tert-OH is 1. The van der Waals surface area contributed by atoms with Crippen molar-refractivity contribution in [2.24, 2.45) is 5.92 Å². The number of carbonyl (C=O) groups is 1. The van der Waals surface area contributed by atoms with E-state index in [1.54, 1.807) is 13.8 Å². The van der Waals surface area contributed by atoms with E-state index in [0.717, 1.165) is 12.8 Å². The highest BCUT2D eigenvalue weighted by Crippen LogP contribution is 2.14. The average Bonchev–Trinajstić information content (AvgIpc) is 2.05. The Morgan fingerprint density at radius 3 is 2.46 bits per heavy atom. The van der Waals surface area contributed by atoms with Crippen LogP contribution in [0.25, 0.3) is 0 Å². The standard InChI is InChI=1S/C10H20O3/c1-4-6-7-9(8(3)11)10(12)13-5-2/h8-9,11H,4-7H2,1-3H3. The van der Waals surface area contributed by atoms with Gasteiger partial charge in [0.05, 0.1) is 18.6 Å². The minimum atomic E-state index is -0.606. The Labute approximate surface area is 80.1 Å². The zero-order chi connectivity index (χ0) is 10.3. The minimum absolute atomic E-state index is 0.272. The molecule has 0 heterocycles. The lowest BCUT2D eigenvalue weighted by Gasteiger charge is -2.17. The lowest BCUT2D eigenvalue weighted by atomic mass is 9.97. The molecule has 0 aliphatic rings. The summed E-state index contributed by atoms with van der Waals surface area (Å²) in [5.74, 6) is -0.620. The van der Waals surface area contributed by atoms with E-state index in [-0.39, 0.29) is 11.9 Å². The molecule has 0 rings (SSSR count). The summed E-state index contributed by atoms with van der Waals surface area (Å²) in [4.78, 5) is 11.3. The molecule has 3 nitrogen and oxygen atoms in total. The summed E-state index contributed by atoms with van der Waals surface area (Å²) in [5, 5.41) is 9.33. The van der Waals surface area contributed by atoms with Gasteiger partial charge in [0, 0.05) is 0 Å². The first kappa shape index (κ1) is 12.4. The Morgan fingerprint density at radius 1 is 1.46 bits per heavy atom. The first-order chi connectivity index (χ1) is 6.13. The van der Waals surface area contributed by atoms with Gasteiger partial charge in [-0.05, 0) is 20.3 Å². The van der Waals surface area contributed by atoms with E-state index in [4.69, 9.17) is 4.74 Å². The summed E-state index contributed by atoms with van der Waals surface area (Å²) < 4.78 is 4.86. The number of unbranched alkanes of at least 4 members (excludes halogenated alkanes) is 1. The largest absolute Gasteiger partial charge is 0.466 e. The zero-order valence-corrected chi connectivity index (χ0v) is 8.75. The molecule has 0 bridgehead atoms. The van der Waals surface area contributed by atoms with E-state index < -0.39 is 6.10 Å². The molecule has 0 aromatic heterocycles. The predicted octanol–water partition coefficient (Wildman–Crippen LogP) is 1.74. The number of carbonyl (C=O) groups excluding carboxylic acids is 1. The molecule has 0 spiro atoms. The number of ether oxygens (including phenoxy) is 1. The maximum absolute atomic E-state index is 11.3. The highest BCUT2D eigenvalue weighted by molar-refractivity contribution is 5.72. The first-order valence-electron chi connectivity index (χ1n) is 4.98. The minimum Gasteiger partial charge on any atom is -0.466 e. The van der Waals surface area contributed by atoms with Crippen LogP contribution in [0, 0.1) is 5.92 Å². The predicted molar refractivity (Wildman–Crippen MR) is 51.3 cm³/mol. The van der Waals surface area contributed by atoms with Crippen molar-refractivity contribution in [3.63, 3.8) is 0 Å². The van der Waals surface area contributed by atoms with E-state index in [0.29, 0.717) is 13.0 Å². The van der Waals surface area contributed by atoms with Crippen molar-refractivity contribution >= 4 is 5.97 Å². The zero-order valence-electron chi connectivity index (χ0n) is 8.75. The van der Waals surface area contributed by atoms with Crippen molar-refractivity contribution < 1.29 is 14.6 Å². The van der Waals surface area contributed by atoms with Gasteiger partial charge < -0.3 is 9.84 Å². The maximum Gasteiger partial charge on any atom is 0.311 e. The van der Waals surface area contributed by atoms with Gasteiger partial charge in [-0.2, -0.15) is 0 Å². The number of aliphatic hydroxyl groups is 1. The van der Waals surface area contributed by atoms with Gasteiger partial charge in [-0.25, -0.2) is 0 Å². The van der Waals surface area contributed by atoms with Gasteiger partial charge in [0.1, 0.15) is 0 Å². The van der Waals surface area contributed by atoms with Crippen LogP contribution in [0.15, 0.2) is 0 Å². The lowest BCUT2D eigenvalue weighted by molar-refractivity contribution is -0.152. The molecule has 0 radical (unpaired) electrons. The van der Waals surface area contributed by atoms with Gasteiger partial charge in [-0.3, -0.25) is 4.79 Å². The summed E-state index contributed by atoms with van der Waals surface area (Å²) in [6.45, 7) is 5.85. The Kier molecular flexibility index (Phi) is 6.59. The molecule has 0 fully saturated rings. The first-order valence-corrected chi connectivity index (χ1v) is 4.98. The van der Waals surface area contributed by atoms with Gasteiger partial charge in [0.15, 0.2) is 0 Å². The average molecular weight is 188 g/mol. The summed E-state index contributed by atoms with van der Waals surface area (Å²) in [7, 11) is 0. The van der Waals surface area contributed by atoms with E-state index in [9.17, 15) is 9.90 Å². The van der Waals surface area contributed by atoms with E-state index in [1.165, 1.54) is 0 Å². The van der Waals surface area contributed by atoms with Crippen LogP contribution in [-0.4, -0.2) is 23.8 Å². The Bertz CT molecular complexity index is 143. The maximum atomic E-state index is 11.3. The Balaban J connectivity index is 3.99. The molecule has 2 atom stereocenters. The molecule has 3 heteroatoms. The quantitative estimate of drug-likeness (QED) is 0.646. The molecule has 0 aromatic rings. The molecule has 1 N–H and O–H groups in total. The molecule has 0 aromatic carbocycles. The second-order valence-corrected chi connectivity index (χ2v) is 3.24. The number of hydrogen-bond acceptors (Lipinski definition) is 3. The van der Waals surface area contributed by atoms with Gasteiger partial charge in [0.2, 0.25) is 0 Å². The normalized spacial score (nSPS) is 15.1. The summed E-state index contributed by atoms with van der Waals surface area (Å²) in [5.41, 5.74) is 0. The monoisotopic (exact) mass is 188 g/mol. The van der Waals surface area contributed by atoms with E-state index >= 15 is 0 Å². The van der Waals surface area contributed by atoms with Crippen molar-refractivity contribution in [2.75, 3.05) is 6.61 Å². The SMILES string of the molecule is CCCCC(C(=O)OCC)C(C)O. The van der Waals surface area contributed by atoms with Crippen LogP contribution in [0.2, 0.25) is 0 Å². The third kappa shape index (κ3) is 4.88. The smallest absolute Gasteiger partial charge is 0.311 e. The van der Waals surface area contributed by atoms with Crippen LogP contribution in [-0.2, 0) is 9.53 Å². The topological polar surface area (TPSA) is 46.5 Å². The summed E-state index contributed by atoms with van der Waals surface area (Å²) in [6, 6.07) is 0. The van der Waals surface area contributed by atoms with Crippen LogP contribution < -0.4 is 0 Å². The fourth-order valence-electron chi connectivity index (χ4n) is 1.23. The molecule has 0 aliphatic carbocycles. The van der Waals surface area contributed by atoms with Gasteiger partial charge >= 0.3 is 5.97 Å². The second-order valence-electron chi connectivity index (χ2n) is 3.24. The van der Waals surface area contributed by atoms with Crippen LogP contribution in [0.1, 0.15) is 40.0 Å². The van der Waals surface area contributed by atoms with Crippen LogP contribution in [0.5, 0.6) is 0 Å². The molecule has 13 heavy (non-hydrogen) atoms. The van der Waals surface area contributed by atoms with Gasteiger partial charge in [-0.15, -0.1) is 0 Å². The molecular weight excluding hydrogens is 168 g/mol.